The molecule has 0 saturated carbocycles. The molecule has 0 bridgehead atoms. The van der Waals surface area contributed by atoms with Crippen molar-refractivity contribution in [2.24, 2.45) is 0 Å². The summed E-state index contributed by atoms with van der Waals surface area (Å²) in [5, 5.41) is 12.7. The fourth-order valence-electron chi connectivity index (χ4n) is 1.94. The van der Waals surface area contributed by atoms with Crippen molar-refractivity contribution in [1.82, 2.24) is 5.32 Å². The molecule has 90 valence electrons. The summed E-state index contributed by atoms with van der Waals surface area (Å²) in [6, 6.07) is 7.83. The fourth-order valence-corrected chi connectivity index (χ4v) is 2.18. The van der Waals surface area contributed by atoms with Gasteiger partial charge in [-0.3, -0.25) is 0 Å². The Labute approximate surface area is 106 Å². The molecule has 17 heavy (non-hydrogen) atoms. The van der Waals surface area contributed by atoms with Crippen molar-refractivity contribution in [3.8, 4) is 6.07 Å². The van der Waals surface area contributed by atoms with Crippen LogP contribution < -0.4 is 5.32 Å². The summed E-state index contributed by atoms with van der Waals surface area (Å²) in [6.45, 7) is 2.31. The number of rotatable bonds is 4. The van der Waals surface area contributed by atoms with Crippen LogP contribution in [0.2, 0.25) is 5.02 Å². The van der Waals surface area contributed by atoms with Crippen LogP contribution in [0, 0.1) is 11.3 Å². The molecule has 1 aromatic rings. The standard InChI is InChI=1S/C13H15ClN2O/c14-13-6-10(7-15)3-4-11(13)8-17-9-12-2-1-5-16-12/h3-4,6,12,16H,1-2,5,8-9H2. The molecule has 1 aliphatic rings. The highest BCUT2D eigenvalue weighted by Gasteiger charge is 2.13. The average Bonchev–Trinajstić information content (AvgIpc) is 2.84. The van der Waals surface area contributed by atoms with Crippen LogP contribution in [0.25, 0.3) is 0 Å². The Kier molecular flexibility index (Phi) is 4.38. The van der Waals surface area contributed by atoms with Crippen LogP contribution in [-0.4, -0.2) is 19.2 Å². The molecule has 3 nitrogen and oxygen atoms in total. The minimum absolute atomic E-state index is 0.479. The lowest BCUT2D eigenvalue weighted by molar-refractivity contribution is 0.103. The Morgan fingerprint density at radius 3 is 3.06 bits per heavy atom. The highest BCUT2D eigenvalue weighted by Crippen LogP contribution is 2.18. The van der Waals surface area contributed by atoms with Gasteiger partial charge in [0.05, 0.1) is 24.8 Å². The molecule has 1 heterocycles. The van der Waals surface area contributed by atoms with Gasteiger partial charge in [-0.1, -0.05) is 17.7 Å². The molecule has 1 aliphatic heterocycles. The molecule has 0 aliphatic carbocycles. The van der Waals surface area contributed by atoms with Gasteiger partial charge in [-0.05, 0) is 37.1 Å². The molecule has 1 saturated heterocycles. The van der Waals surface area contributed by atoms with E-state index in [9.17, 15) is 0 Å². The van der Waals surface area contributed by atoms with E-state index in [2.05, 4.69) is 11.4 Å². The predicted molar refractivity (Wildman–Crippen MR) is 66.8 cm³/mol. The summed E-state index contributed by atoms with van der Waals surface area (Å²) in [6.07, 6.45) is 2.41. The van der Waals surface area contributed by atoms with Crippen molar-refractivity contribution in [2.75, 3.05) is 13.2 Å². The first-order chi connectivity index (χ1) is 8.29. The number of nitriles is 1. The number of hydrogen-bond donors (Lipinski definition) is 1. The zero-order valence-corrected chi connectivity index (χ0v) is 10.3. The minimum Gasteiger partial charge on any atom is -0.375 e. The molecule has 0 radical (unpaired) electrons. The van der Waals surface area contributed by atoms with Crippen LogP contribution in [-0.2, 0) is 11.3 Å². The number of hydrogen-bond acceptors (Lipinski definition) is 3. The van der Waals surface area contributed by atoms with Crippen LogP contribution in [0.3, 0.4) is 0 Å². The molecule has 1 atom stereocenters. The summed E-state index contributed by atoms with van der Waals surface area (Å²) in [5.74, 6) is 0. The molecule has 1 aromatic carbocycles. The van der Waals surface area contributed by atoms with Crippen LogP contribution in [0.15, 0.2) is 18.2 Å². The maximum atomic E-state index is 8.72. The van der Waals surface area contributed by atoms with E-state index in [1.807, 2.05) is 6.07 Å². The molecular weight excluding hydrogens is 236 g/mol. The molecule has 0 amide bonds. The largest absolute Gasteiger partial charge is 0.375 e. The third-order valence-corrected chi connectivity index (χ3v) is 3.27. The van der Waals surface area contributed by atoms with Gasteiger partial charge in [0.15, 0.2) is 0 Å². The molecule has 0 aromatic heterocycles. The van der Waals surface area contributed by atoms with Crippen LogP contribution in [0.5, 0.6) is 0 Å². The third-order valence-electron chi connectivity index (χ3n) is 2.92. The van der Waals surface area contributed by atoms with Gasteiger partial charge >= 0.3 is 0 Å². The molecular formula is C13H15ClN2O. The van der Waals surface area contributed by atoms with Gasteiger partial charge in [-0.25, -0.2) is 0 Å². The van der Waals surface area contributed by atoms with E-state index in [-0.39, 0.29) is 0 Å². The summed E-state index contributed by atoms with van der Waals surface area (Å²) < 4.78 is 5.63. The number of benzene rings is 1. The van der Waals surface area contributed by atoms with E-state index in [1.165, 1.54) is 12.8 Å². The first-order valence-electron chi connectivity index (χ1n) is 5.79. The van der Waals surface area contributed by atoms with E-state index in [1.54, 1.807) is 12.1 Å². The molecule has 1 unspecified atom stereocenters. The van der Waals surface area contributed by atoms with Crippen molar-refractivity contribution in [3.05, 3.63) is 34.3 Å². The molecule has 4 heteroatoms. The fraction of sp³-hybridized carbons (Fsp3) is 0.462. The lowest BCUT2D eigenvalue weighted by atomic mass is 10.1. The number of halogens is 1. The van der Waals surface area contributed by atoms with Crippen molar-refractivity contribution < 1.29 is 4.74 Å². The van der Waals surface area contributed by atoms with E-state index in [0.717, 1.165) is 18.7 Å². The summed E-state index contributed by atoms with van der Waals surface area (Å²) >= 11 is 6.06. The second-order valence-electron chi connectivity index (χ2n) is 4.23. The van der Waals surface area contributed by atoms with Crippen LogP contribution in [0.1, 0.15) is 24.0 Å². The smallest absolute Gasteiger partial charge is 0.0992 e. The van der Waals surface area contributed by atoms with Gasteiger partial charge in [0, 0.05) is 11.1 Å². The first-order valence-corrected chi connectivity index (χ1v) is 6.17. The van der Waals surface area contributed by atoms with E-state index in [4.69, 9.17) is 21.6 Å². The van der Waals surface area contributed by atoms with Gasteiger partial charge in [0.25, 0.3) is 0 Å². The summed E-state index contributed by atoms with van der Waals surface area (Å²) in [5.41, 5.74) is 1.51. The number of ether oxygens (including phenoxy) is 1. The minimum atomic E-state index is 0.479. The van der Waals surface area contributed by atoms with E-state index >= 15 is 0 Å². The Balaban J connectivity index is 1.84. The highest BCUT2D eigenvalue weighted by molar-refractivity contribution is 6.31. The third kappa shape index (κ3) is 3.44. The van der Waals surface area contributed by atoms with E-state index < -0.39 is 0 Å². The van der Waals surface area contributed by atoms with Gasteiger partial charge < -0.3 is 10.1 Å². The first kappa shape index (κ1) is 12.4. The van der Waals surface area contributed by atoms with E-state index in [0.29, 0.717) is 23.2 Å². The second kappa shape index (κ2) is 6.02. The maximum Gasteiger partial charge on any atom is 0.0992 e. The quantitative estimate of drug-likeness (QED) is 0.893. The Bertz CT molecular complexity index is 422. The normalized spacial score (nSPS) is 19.2. The van der Waals surface area contributed by atoms with Crippen LogP contribution >= 0.6 is 11.6 Å². The Hall–Kier alpha value is -1.08. The van der Waals surface area contributed by atoms with Crippen molar-refractivity contribution in [1.29, 1.82) is 5.26 Å². The van der Waals surface area contributed by atoms with Gasteiger partial charge in [-0.15, -0.1) is 0 Å². The molecule has 2 rings (SSSR count). The predicted octanol–water partition coefficient (Wildman–Crippen LogP) is 2.48. The Morgan fingerprint density at radius 1 is 1.53 bits per heavy atom. The monoisotopic (exact) mass is 250 g/mol. The topological polar surface area (TPSA) is 45.0 Å². The lowest BCUT2D eigenvalue weighted by Crippen LogP contribution is -2.26. The zero-order chi connectivity index (χ0) is 12.1. The Morgan fingerprint density at radius 2 is 2.41 bits per heavy atom. The van der Waals surface area contributed by atoms with Gasteiger partial charge in [0.1, 0.15) is 0 Å². The summed E-state index contributed by atoms with van der Waals surface area (Å²) in [7, 11) is 0. The SMILES string of the molecule is N#Cc1ccc(COCC2CCCN2)c(Cl)c1. The maximum absolute atomic E-state index is 8.72. The number of nitrogens with zero attached hydrogens (tertiary/aromatic N) is 1. The molecule has 1 fully saturated rings. The lowest BCUT2D eigenvalue weighted by Gasteiger charge is -2.11. The second-order valence-corrected chi connectivity index (χ2v) is 4.63. The van der Waals surface area contributed by atoms with Crippen molar-refractivity contribution >= 4 is 11.6 Å². The molecule has 0 spiro atoms. The number of nitrogens with one attached hydrogen (secondary N) is 1. The molecule has 1 N–H and O–H groups in total. The summed E-state index contributed by atoms with van der Waals surface area (Å²) in [4.78, 5) is 0. The van der Waals surface area contributed by atoms with Gasteiger partial charge in [0.2, 0.25) is 0 Å². The van der Waals surface area contributed by atoms with Crippen molar-refractivity contribution in [2.45, 2.75) is 25.5 Å². The zero-order valence-electron chi connectivity index (χ0n) is 9.58. The van der Waals surface area contributed by atoms with Crippen molar-refractivity contribution in [3.63, 3.8) is 0 Å². The van der Waals surface area contributed by atoms with Crippen LogP contribution in [0.4, 0.5) is 0 Å². The highest BCUT2D eigenvalue weighted by atomic mass is 35.5. The van der Waals surface area contributed by atoms with Gasteiger partial charge in [-0.2, -0.15) is 5.26 Å². The average molecular weight is 251 g/mol.